The van der Waals surface area contributed by atoms with Gasteiger partial charge in [-0.2, -0.15) is 4.98 Å². The van der Waals surface area contributed by atoms with Crippen LogP contribution < -0.4 is 10.4 Å². The second-order valence-electron chi connectivity index (χ2n) is 5.25. The molecule has 25 heavy (non-hydrogen) atoms. The summed E-state index contributed by atoms with van der Waals surface area (Å²) in [6.45, 7) is 0. The molecule has 2 heterocycles. The lowest BCUT2D eigenvalue weighted by Gasteiger charge is -2.02. The summed E-state index contributed by atoms with van der Waals surface area (Å²) in [4.78, 5) is 16.5. The summed E-state index contributed by atoms with van der Waals surface area (Å²) >= 11 is 6.14. The van der Waals surface area contributed by atoms with E-state index in [4.69, 9.17) is 25.3 Å². The van der Waals surface area contributed by atoms with Crippen LogP contribution in [0.2, 0.25) is 5.02 Å². The third kappa shape index (κ3) is 2.77. The molecule has 2 aromatic carbocycles. The Labute approximate surface area is 146 Å². The molecule has 0 saturated carbocycles. The summed E-state index contributed by atoms with van der Waals surface area (Å²) < 4.78 is 15.7. The van der Waals surface area contributed by atoms with E-state index < -0.39 is 5.63 Å². The topological polar surface area (TPSA) is 78.4 Å². The highest BCUT2D eigenvalue weighted by Crippen LogP contribution is 2.28. The Kier molecular flexibility index (Phi) is 3.74. The second-order valence-corrected chi connectivity index (χ2v) is 5.66. The van der Waals surface area contributed by atoms with Crippen LogP contribution in [0.5, 0.6) is 5.75 Å². The first kappa shape index (κ1) is 15.4. The van der Waals surface area contributed by atoms with Gasteiger partial charge in [-0.1, -0.05) is 28.9 Å². The standard InChI is InChI=1S/C18H11ClN2O4/c1-23-11-6-7-15-10(8-11)9-13(18(22)24-15)17-20-16(21-25-17)12-4-2-3-5-14(12)19/h2-9H,1H3. The van der Waals surface area contributed by atoms with Gasteiger partial charge in [-0.15, -0.1) is 0 Å². The Balaban J connectivity index is 1.83. The third-order valence-electron chi connectivity index (χ3n) is 3.71. The second kappa shape index (κ2) is 6.07. The average Bonchev–Trinajstić information content (AvgIpc) is 3.10. The maximum atomic E-state index is 12.2. The minimum atomic E-state index is -0.563. The molecule has 6 nitrogen and oxygen atoms in total. The Morgan fingerprint density at radius 1 is 1.08 bits per heavy atom. The first-order valence-corrected chi connectivity index (χ1v) is 7.74. The van der Waals surface area contributed by atoms with Crippen molar-refractivity contribution in [2.45, 2.75) is 0 Å². The van der Waals surface area contributed by atoms with Crippen LogP contribution in [-0.4, -0.2) is 17.3 Å². The number of hydrogen-bond acceptors (Lipinski definition) is 6. The molecular weight excluding hydrogens is 344 g/mol. The van der Waals surface area contributed by atoms with E-state index in [2.05, 4.69) is 10.1 Å². The molecule has 0 amide bonds. The van der Waals surface area contributed by atoms with Crippen LogP contribution in [0.3, 0.4) is 0 Å². The van der Waals surface area contributed by atoms with Crippen LogP contribution in [0.15, 0.2) is 62.3 Å². The smallest absolute Gasteiger partial charge is 0.349 e. The highest BCUT2D eigenvalue weighted by atomic mass is 35.5. The third-order valence-corrected chi connectivity index (χ3v) is 4.04. The SMILES string of the molecule is COc1ccc2oc(=O)c(-c3nc(-c4ccccc4Cl)no3)cc2c1. The zero-order valence-corrected chi connectivity index (χ0v) is 13.8. The fraction of sp³-hybridized carbons (Fsp3) is 0.0556. The van der Waals surface area contributed by atoms with Crippen LogP contribution >= 0.6 is 11.6 Å². The maximum Gasteiger partial charge on any atom is 0.349 e. The lowest BCUT2D eigenvalue weighted by atomic mass is 10.1. The van der Waals surface area contributed by atoms with Crippen molar-refractivity contribution in [3.8, 4) is 28.6 Å². The lowest BCUT2D eigenvalue weighted by Crippen LogP contribution is -2.03. The van der Waals surface area contributed by atoms with Crippen molar-refractivity contribution in [1.82, 2.24) is 10.1 Å². The van der Waals surface area contributed by atoms with Crippen molar-refractivity contribution >= 4 is 22.6 Å². The van der Waals surface area contributed by atoms with Crippen molar-refractivity contribution < 1.29 is 13.7 Å². The first-order valence-electron chi connectivity index (χ1n) is 7.36. The minimum absolute atomic E-state index is 0.0633. The predicted octanol–water partition coefficient (Wildman–Crippen LogP) is 4.17. The van der Waals surface area contributed by atoms with Gasteiger partial charge in [-0.25, -0.2) is 4.79 Å². The average molecular weight is 355 g/mol. The van der Waals surface area contributed by atoms with Crippen molar-refractivity contribution in [3.05, 3.63) is 64.0 Å². The number of fused-ring (bicyclic) bond motifs is 1. The number of benzene rings is 2. The van der Waals surface area contributed by atoms with Crippen LogP contribution in [0.25, 0.3) is 33.8 Å². The van der Waals surface area contributed by atoms with E-state index in [-0.39, 0.29) is 11.5 Å². The van der Waals surface area contributed by atoms with E-state index in [1.54, 1.807) is 49.6 Å². The largest absolute Gasteiger partial charge is 0.497 e. The predicted molar refractivity (Wildman–Crippen MR) is 92.8 cm³/mol. The Morgan fingerprint density at radius 3 is 2.72 bits per heavy atom. The van der Waals surface area contributed by atoms with Gasteiger partial charge in [-0.05, 0) is 36.4 Å². The van der Waals surface area contributed by atoms with Crippen LogP contribution in [0.4, 0.5) is 0 Å². The van der Waals surface area contributed by atoms with Gasteiger partial charge in [0.25, 0.3) is 5.89 Å². The van der Waals surface area contributed by atoms with Crippen molar-refractivity contribution in [3.63, 3.8) is 0 Å². The molecule has 0 saturated heterocycles. The van der Waals surface area contributed by atoms with Crippen molar-refractivity contribution in [2.24, 2.45) is 0 Å². The molecule has 0 atom stereocenters. The zero-order chi connectivity index (χ0) is 17.4. The number of hydrogen-bond donors (Lipinski definition) is 0. The normalized spacial score (nSPS) is 11.0. The Bertz CT molecular complexity index is 1130. The molecule has 7 heteroatoms. The van der Waals surface area contributed by atoms with Gasteiger partial charge in [0.15, 0.2) is 0 Å². The van der Waals surface area contributed by atoms with Gasteiger partial charge >= 0.3 is 5.63 Å². The quantitative estimate of drug-likeness (QED) is 0.514. The summed E-state index contributed by atoms with van der Waals surface area (Å²) in [5.41, 5.74) is 0.671. The van der Waals surface area contributed by atoms with E-state index in [1.807, 2.05) is 6.07 Å². The fourth-order valence-corrected chi connectivity index (χ4v) is 2.68. The minimum Gasteiger partial charge on any atom is -0.497 e. The fourth-order valence-electron chi connectivity index (χ4n) is 2.46. The number of rotatable bonds is 3. The Morgan fingerprint density at radius 2 is 1.92 bits per heavy atom. The maximum absolute atomic E-state index is 12.2. The summed E-state index contributed by atoms with van der Waals surface area (Å²) in [5, 5.41) is 5.08. The molecule has 0 aliphatic heterocycles. The highest BCUT2D eigenvalue weighted by Gasteiger charge is 2.17. The van der Waals surface area contributed by atoms with Gasteiger partial charge in [0.1, 0.15) is 16.9 Å². The van der Waals surface area contributed by atoms with Gasteiger partial charge in [0.2, 0.25) is 5.82 Å². The van der Waals surface area contributed by atoms with E-state index in [9.17, 15) is 4.79 Å². The summed E-state index contributed by atoms with van der Waals surface area (Å²) in [6.07, 6.45) is 0. The van der Waals surface area contributed by atoms with Crippen LogP contribution in [0.1, 0.15) is 0 Å². The number of ether oxygens (including phenoxy) is 1. The molecule has 0 fully saturated rings. The molecule has 0 aliphatic rings. The van der Waals surface area contributed by atoms with Gasteiger partial charge in [0, 0.05) is 10.9 Å². The first-order chi connectivity index (χ1) is 12.2. The highest BCUT2D eigenvalue weighted by molar-refractivity contribution is 6.33. The summed E-state index contributed by atoms with van der Waals surface area (Å²) in [7, 11) is 1.56. The molecule has 124 valence electrons. The van der Waals surface area contributed by atoms with E-state index in [1.165, 1.54) is 0 Å². The molecule has 2 aromatic heterocycles. The molecule has 4 aromatic rings. The van der Waals surface area contributed by atoms with Crippen molar-refractivity contribution in [2.75, 3.05) is 7.11 Å². The molecule has 0 bridgehead atoms. The molecule has 0 spiro atoms. The number of aromatic nitrogens is 2. The zero-order valence-electron chi connectivity index (χ0n) is 13.0. The van der Waals surface area contributed by atoms with E-state index in [0.29, 0.717) is 33.1 Å². The monoisotopic (exact) mass is 354 g/mol. The summed E-state index contributed by atoms with van der Waals surface area (Å²) in [6, 6.07) is 13.9. The number of halogens is 1. The molecule has 0 N–H and O–H groups in total. The van der Waals surface area contributed by atoms with E-state index >= 15 is 0 Å². The molecule has 4 rings (SSSR count). The Hall–Kier alpha value is -3.12. The molecular formula is C18H11ClN2O4. The number of nitrogens with zero attached hydrogens (tertiary/aromatic N) is 2. The number of methoxy groups -OCH3 is 1. The molecule has 0 radical (unpaired) electrons. The molecule has 0 unspecified atom stereocenters. The van der Waals surface area contributed by atoms with Gasteiger partial charge < -0.3 is 13.7 Å². The van der Waals surface area contributed by atoms with Gasteiger partial charge in [-0.3, -0.25) is 0 Å². The molecule has 0 aliphatic carbocycles. The van der Waals surface area contributed by atoms with Crippen LogP contribution in [-0.2, 0) is 0 Å². The van der Waals surface area contributed by atoms with Crippen LogP contribution in [0, 0.1) is 0 Å². The summed E-state index contributed by atoms with van der Waals surface area (Å²) in [5.74, 6) is 1.01. The van der Waals surface area contributed by atoms with E-state index in [0.717, 1.165) is 0 Å². The van der Waals surface area contributed by atoms with Crippen molar-refractivity contribution in [1.29, 1.82) is 0 Å². The lowest BCUT2D eigenvalue weighted by molar-refractivity contribution is 0.415. The van der Waals surface area contributed by atoms with Gasteiger partial charge in [0.05, 0.1) is 12.1 Å².